The van der Waals surface area contributed by atoms with Crippen LogP contribution >= 0.6 is 0 Å². The van der Waals surface area contributed by atoms with E-state index in [1.54, 1.807) is 0 Å². The summed E-state index contributed by atoms with van der Waals surface area (Å²) in [5.74, 6) is -1.99. The molecule has 0 heterocycles. The van der Waals surface area contributed by atoms with Crippen LogP contribution in [0.3, 0.4) is 0 Å². The van der Waals surface area contributed by atoms with Gasteiger partial charge in [-0.3, -0.25) is 19.2 Å². The molecule has 0 bridgehead atoms. The Morgan fingerprint density at radius 1 is 0.500 bits per heavy atom. The molecule has 0 aromatic rings. The van der Waals surface area contributed by atoms with E-state index in [1.165, 1.54) is 0 Å². The van der Waals surface area contributed by atoms with Crippen LogP contribution in [0.2, 0.25) is 0 Å². The van der Waals surface area contributed by atoms with Crippen molar-refractivity contribution in [2.45, 2.75) is 25.7 Å². The van der Waals surface area contributed by atoms with Gasteiger partial charge in [-0.2, -0.15) is 0 Å². The molecular weight excluding hydrogens is 262 g/mol. The molecule has 0 saturated carbocycles. The number of hydrogen-bond acceptors (Lipinski definition) is 4. The standard InChI is InChI=1S/2C4H8N2O2.2Na/c2*5-3(7)1-2-4(6)8;;/h2*1-2H2,(H2,5,7)(H2,6,8);;. The van der Waals surface area contributed by atoms with E-state index in [-0.39, 0.29) is 84.8 Å². The molecule has 0 spiro atoms. The van der Waals surface area contributed by atoms with E-state index in [0.717, 1.165) is 0 Å². The Balaban J connectivity index is -0.0000000980. The molecule has 18 heavy (non-hydrogen) atoms. The summed E-state index contributed by atoms with van der Waals surface area (Å²) in [4.78, 5) is 39.7. The molecule has 4 amide bonds. The summed E-state index contributed by atoms with van der Waals surface area (Å²) in [6.07, 6.45) is 0.204. The predicted molar refractivity (Wildman–Crippen MR) is 66.8 cm³/mol. The third-order valence-corrected chi connectivity index (χ3v) is 1.24. The summed E-state index contributed by atoms with van der Waals surface area (Å²) in [6.45, 7) is 0. The zero-order chi connectivity index (χ0) is 13.1. The SMILES string of the molecule is NC(=O)CCC(N)=O.NC(=O)CCC(N)=O.[Na].[Na]. The fraction of sp³-hybridized carbons (Fsp3) is 0.500. The van der Waals surface area contributed by atoms with Crippen LogP contribution in [-0.4, -0.2) is 82.7 Å². The number of nitrogens with two attached hydrogens (primary N) is 4. The van der Waals surface area contributed by atoms with Crippen LogP contribution in [0.5, 0.6) is 0 Å². The Bertz CT molecular complexity index is 230. The first kappa shape index (κ1) is 26.4. The first-order chi connectivity index (χ1) is 7.25. The van der Waals surface area contributed by atoms with Gasteiger partial charge in [0.2, 0.25) is 23.6 Å². The summed E-state index contributed by atoms with van der Waals surface area (Å²) < 4.78 is 0. The minimum atomic E-state index is -0.496. The van der Waals surface area contributed by atoms with Crippen molar-refractivity contribution in [3.8, 4) is 0 Å². The first-order valence-corrected chi connectivity index (χ1v) is 4.39. The molecule has 0 aromatic carbocycles. The fourth-order valence-corrected chi connectivity index (χ4v) is 0.493. The van der Waals surface area contributed by atoms with Gasteiger partial charge in [-0.05, 0) is 0 Å². The van der Waals surface area contributed by atoms with E-state index in [9.17, 15) is 19.2 Å². The average molecular weight is 278 g/mol. The summed E-state index contributed by atoms with van der Waals surface area (Å²) in [5.41, 5.74) is 18.8. The van der Waals surface area contributed by atoms with Crippen molar-refractivity contribution in [3.63, 3.8) is 0 Å². The molecule has 0 aliphatic rings. The Labute approximate surface area is 149 Å². The molecule has 8 nitrogen and oxygen atoms in total. The van der Waals surface area contributed by atoms with Gasteiger partial charge in [-0.15, -0.1) is 0 Å². The molecule has 0 aromatic heterocycles. The zero-order valence-electron chi connectivity index (χ0n) is 10.8. The van der Waals surface area contributed by atoms with Crippen LogP contribution in [0, 0.1) is 0 Å². The van der Waals surface area contributed by atoms with Crippen molar-refractivity contribution in [2.75, 3.05) is 0 Å². The maximum Gasteiger partial charge on any atom is 0.217 e. The van der Waals surface area contributed by atoms with Gasteiger partial charge in [0.25, 0.3) is 0 Å². The van der Waals surface area contributed by atoms with Crippen molar-refractivity contribution < 1.29 is 19.2 Å². The Morgan fingerprint density at radius 2 is 0.611 bits per heavy atom. The van der Waals surface area contributed by atoms with Gasteiger partial charge >= 0.3 is 0 Å². The molecule has 0 saturated heterocycles. The Hall–Kier alpha value is -0.120. The number of primary amides is 4. The second-order valence-corrected chi connectivity index (χ2v) is 2.87. The number of rotatable bonds is 6. The van der Waals surface area contributed by atoms with Crippen molar-refractivity contribution in [3.05, 3.63) is 0 Å². The predicted octanol–water partition coefficient (Wildman–Crippen LogP) is -3.29. The molecule has 8 N–H and O–H groups in total. The van der Waals surface area contributed by atoms with Crippen LogP contribution in [0.25, 0.3) is 0 Å². The largest absolute Gasteiger partial charge is 0.370 e. The number of amides is 4. The van der Waals surface area contributed by atoms with Gasteiger partial charge in [-0.1, -0.05) is 0 Å². The minimum absolute atomic E-state index is 0. The molecule has 2 radical (unpaired) electrons. The molecular formula is C8H16N4Na2O4. The maximum absolute atomic E-state index is 9.92. The maximum atomic E-state index is 9.92. The van der Waals surface area contributed by atoms with Crippen LogP contribution in [0.15, 0.2) is 0 Å². The fourth-order valence-electron chi connectivity index (χ4n) is 0.493. The average Bonchev–Trinajstić information content (AvgIpc) is 2.12. The van der Waals surface area contributed by atoms with E-state index in [4.69, 9.17) is 22.9 Å². The van der Waals surface area contributed by atoms with Crippen LogP contribution < -0.4 is 22.9 Å². The van der Waals surface area contributed by atoms with E-state index in [0.29, 0.717) is 0 Å². The Morgan fingerprint density at radius 3 is 0.667 bits per heavy atom. The summed E-state index contributed by atoms with van der Waals surface area (Å²) >= 11 is 0. The third kappa shape index (κ3) is 36.0. The molecule has 0 unspecified atom stereocenters. The van der Waals surface area contributed by atoms with E-state index in [2.05, 4.69) is 0 Å². The van der Waals surface area contributed by atoms with Crippen molar-refractivity contribution in [1.82, 2.24) is 0 Å². The van der Waals surface area contributed by atoms with Gasteiger partial charge in [0.15, 0.2) is 0 Å². The van der Waals surface area contributed by atoms with Crippen LogP contribution in [0.4, 0.5) is 0 Å². The van der Waals surface area contributed by atoms with Gasteiger partial charge in [-0.25, -0.2) is 0 Å². The molecule has 0 rings (SSSR count). The van der Waals surface area contributed by atoms with Gasteiger partial charge in [0.1, 0.15) is 0 Å². The molecule has 0 aliphatic heterocycles. The topological polar surface area (TPSA) is 172 Å². The quantitative estimate of drug-likeness (QED) is 0.373. The second kappa shape index (κ2) is 16.9. The minimum Gasteiger partial charge on any atom is -0.370 e. The molecule has 10 heteroatoms. The van der Waals surface area contributed by atoms with Gasteiger partial charge in [0.05, 0.1) is 0 Å². The van der Waals surface area contributed by atoms with Crippen LogP contribution in [0.1, 0.15) is 25.7 Å². The third-order valence-electron chi connectivity index (χ3n) is 1.24. The van der Waals surface area contributed by atoms with Crippen molar-refractivity contribution in [2.24, 2.45) is 22.9 Å². The van der Waals surface area contributed by atoms with E-state index in [1.807, 2.05) is 0 Å². The number of carbonyl (C=O) groups is 4. The normalized spacial score (nSPS) is 7.56. The van der Waals surface area contributed by atoms with Crippen molar-refractivity contribution in [1.29, 1.82) is 0 Å². The molecule has 0 atom stereocenters. The van der Waals surface area contributed by atoms with Gasteiger partial charge < -0.3 is 22.9 Å². The molecule has 0 aliphatic carbocycles. The Kier molecular flexibility index (Phi) is 24.8. The number of hydrogen-bond donors (Lipinski definition) is 4. The summed E-state index contributed by atoms with van der Waals surface area (Å²) in [7, 11) is 0. The monoisotopic (exact) mass is 278 g/mol. The zero-order valence-corrected chi connectivity index (χ0v) is 14.8. The van der Waals surface area contributed by atoms with Gasteiger partial charge in [0, 0.05) is 84.8 Å². The first-order valence-electron chi connectivity index (χ1n) is 4.39. The molecule has 0 fully saturated rings. The van der Waals surface area contributed by atoms with E-state index >= 15 is 0 Å². The second-order valence-electron chi connectivity index (χ2n) is 2.87. The summed E-state index contributed by atoms with van der Waals surface area (Å²) in [5, 5.41) is 0. The van der Waals surface area contributed by atoms with Crippen LogP contribution in [-0.2, 0) is 19.2 Å². The van der Waals surface area contributed by atoms with Crippen molar-refractivity contribution >= 4 is 82.7 Å². The smallest absolute Gasteiger partial charge is 0.217 e. The number of carbonyl (C=O) groups excluding carboxylic acids is 4. The van der Waals surface area contributed by atoms with E-state index < -0.39 is 23.6 Å². The molecule has 94 valence electrons. The summed E-state index contributed by atoms with van der Waals surface area (Å²) in [6, 6.07) is 0.